The van der Waals surface area contributed by atoms with Crippen LogP contribution in [0.1, 0.15) is 16.3 Å². The number of pyridine rings is 1. The third kappa shape index (κ3) is 3.31. The standard InChI is InChI=1S/C18H18N2S/c1-13-8-9-18(14(2)20-13)19-11-17-10-16(12-21-17)15-6-4-3-5-7-15/h3-10,12,19H,11H2,1-2H3. The van der Waals surface area contributed by atoms with Gasteiger partial charge in [-0.05, 0) is 48.6 Å². The number of thiophene rings is 1. The Morgan fingerprint density at radius 2 is 1.81 bits per heavy atom. The smallest absolute Gasteiger partial charge is 0.0607 e. The molecular formula is C18H18N2S. The topological polar surface area (TPSA) is 24.9 Å². The Bertz CT molecular complexity index is 732. The van der Waals surface area contributed by atoms with E-state index in [0.717, 1.165) is 23.6 Å². The van der Waals surface area contributed by atoms with E-state index in [-0.39, 0.29) is 0 Å². The van der Waals surface area contributed by atoms with Crippen LogP contribution in [0.25, 0.3) is 11.1 Å². The van der Waals surface area contributed by atoms with Crippen LogP contribution in [-0.4, -0.2) is 4.98 Å². The molecule has 3 heteroatoms. The summed E-state index contributed by atoms with van der Waals surface area (Å²) in [6, 6.07) is 16.9. The van der Waals surface area contributed by atoms with E-state index in [2.05, 4.69) is 52.1 Å². The Morgan fingerprint density at radius 3 is 2.57 bits per heavy atom. The average molecular weight is 294 g/mol. The van der Waals surface area contributed by atoms with Gasteiger partial charge in [0, 0.05) is 17.1 Å². The van der Waals surface area contributed by atoms with Gasteiger partial charge >= 0.3 is 0 Å². The molecule has 0 aliphatic carbocycles. The highest BCUT2D eigenvalue weighted by Gasteiger charge is 2.04. The minimum Gasteiger partial charge on any atom is -0.379 e. The zero-order valence-corrected chi connectivity index (χ0v) is 13.1. The molecule has 0 saturated heterocycles. The minimum atomic E-state index is 0.836. The van der Waals surface area contributed by atoms with Crippen LogP contribution in [0.2, 0.25) is 0 Å². The van der Waals surface area contributed by atoms with Gasteiger partial charge < -0.3 is 5.32 Å². The van der Waals surface area contributed by atoms with Gasteiger partial charge in [-0.3, -0.25) is 4.98 Å². The second kappa shape index (κ2) is 6.10. The number of aryl methyl sites for hydroxylation is 2. The first-order chi connectivity index (χ1) is 10.2. The van der Waals surface area contributed by atoms with Crippen LogP contribution in [0.4, 0.5) is 5.69 Å². The van der Waals surface area contributed by atoms with Gasteiger partial charge in [0.05, 0.1) is 11.4 Å². The van der Waals surface area contributed by atoms with E-state index < -0.39 is 0 Å². The molecule has 106 valence electrons. The van der Waals surface area contributed by atoms with Crippen molar-refractivity contribution >= 4 is 17.0 Å². The first-order valence-electron chi connectivity index (χ1n) is 7.03. The van der Waals surface area contributed by atoms with E-state index in [4.69, 9.17) is 0 Å². The average Bonchev–Trinajstić information content (AvgIpc) is 2.96. The van der Waals surface area contributed by atoms with Crippen LogP contribution in [-0.2, 0) is 6.54 Å². The van der Waals surface area contributed by atoms with Crippen LogP contribution in [0.15, 0.2) is 53.9 Å². The predicted molar refractivity (Wildman–Crippen MR) is 90.8 cm³/mol. The summed E-state index contributed by atoms with van der Waals surface area (Å²) in [5, 5.41) is 5.68. The van der Waals surface area contributed by atoms with E-state index in [1.165, 1.54) is 16.0 Å². The molecule has 0 radical (unpaired) electrons. The van der Waals surface area contributed by atoms with Crippen LogP contribution in [0.3, 0.4) is 0 Å². The van der Waals surface area contributed by atoms with Gasteiger partial charge in [-0.2, -0.15) is 0 Å². The summed E-state index contributed by atoms with van der Waals surface area (Å²) in [7, 11) is 0. The first-order valence-corrected chi connectivity index (χ1v) is 7.91. The van der Waals surface area contributed by atoms with Crippen molar-refractivity contribution in [2.45, 2.75) is 20.4 Å². The molecule has 0 aliphatic rings. The Kier molecular flexibility index (Phi) is 4.02. The van der Waals surface area contributed by atoms with Crippen LogP contribution in [0.5, 0.6) is 0 Å². The number of nitrogens with one attached hydrogen (secondary N) is 1. The van der Waals surface area contributed by atoms with Crippen molar-refractivity contribution in [1.29, 1.82) is 0 Å². The number of nitrogens with zero attached hydrogens (tertiary/aromatic N) is 1. The molecule has 1 N–H and O–H groups in total. The second-order valence-corrected chi connectivity index (χ2v) is 6.10. The molecule has 0 spiro atoms. The summed E-state index contributed by atoms with van der Waals surface area (Å²) in [4.78, 5) is 5.81. The summed E-state index contributed by atoms with van der Waals surface area (Å²) >= 11 is 1.79. The van der Waals surface area contributed by atoms with Gasteiger partial charge in [0.15, 0.2) is 0 Å². The quantitative estimate of drug-likeness (QED) is 0.729. The van der Waals surface area contributed by atoms with E-state index in [1.807, 2.05) is 26.0 Å². The lowest BCUT2D eigenvalue weighted by Crippen LogP contribution is -2.01. The van der Waals surface area contributed by atoms with E-state index >= 15 is 0 Å². The Labute approximate surface area is 129 Å². The molecule has 0 fully saturated rings. The molecule has 0 amide bonds. The molecule has 1 aromatic carbocycles. The summed E-state index contributed by atoms with van der Waals surface area (Å²) in [5.74, 6) is 0. The zero-order chi connectivity index (χ0) is 14.7. The molecule has 3 aromatic rings. The maximum absolute atomic E-state index is 4.48. The monoisotopic (exact) mass is 294 g/mol. The lowest BCUT2D eigenvalue weighted by molar-refractivity contribution is 1.09. The summed E-state index contributed by atoms with van der Waals surface area (Å²) in [6.07, 6.45) is 0. The third-order valence-electron chi connectivity index (χ3n) is 3.44. The fourth-order valence-electron chi connectivity index (χ4n) is 2.31. The molecule has 0 saturated carbocycles. The first kappa shape index (κ1) is 13.8. The largest absolute Gasteiger partial charge is 0.379 e. The molecule has 0 unspecified atom stereocenters. The van der Waals surface area contributed by atoms with Crippen molar-refractivity contribution in [3.8, 4) is 11.1 Å². The van der Waals surface area contributed by atoms with E-state index in [0.29, 0.717) is 0 Å². The van der Waals surface area contributed by atoms with Crippen molar-refractivity contribution in [1.82, 2.24) is 4.98 Å². The normalized spacial score (nSPS) is 10.6. The van der Waals surface area contributed by atoms with Crippen LogP contribution < -0.4 is 5.32 Å². The summed E-state index contributed by atoms with van der Waals surface area (Å²) in [6.45, 7) is 4.89. The van der Waals surface area contributed by atoms with Crippen molar-refractivity contribution < 1.29 is 0 Å². The highest BCUT2D eigenvalue weighted by Crippen LogP contribution is 2.26. The van der Waals surface area contributed by atoms with Gasteiger partial charge in [-0.1, -0.05) is 30.3 Å². The van der Waals surface area contributed by atoms with E-state index in [1.54, 1.807) is 11.3 Å². The zero-order valence-electron chi connectivity index (χ0n) is 12.3. The maximum Gasteiger partial charge on any atom is 0.0607 e. The number of anilines is 1. The predicted octanol–water partition coefficient (Wildman–Crippen LogP) is 5.04. The fourth-order valence-corrected chi connectivity index (χ4v) is 3.14. The Morgan fingerprint density at radius 1 is 1.00 bits per heavy atom. The molecule has 2 nitrogen and oxygen atoms in total. The Balaban J connectivity index is 1.70. The lowest BCUT2D eigenvalue weighted by Gasteiger charge is -2.08. The van der Waals surface area contributed by atoms with Gasteiger partial charge in [0.2, 0.25) is 0 Å². The van der Waals surface area contributed by atoms with Gasteiger partial charge in [-0.15, -0.1) is 11.3 Å². The molecule has 0 bridgehead atoms. The lowest BCUT2D eigenvalue weighted by atomic mass is 10.1. The summed E-state index contributed by atoms with van der Waals surface area (Å²) < 4.78 is 0. The Hall–Kier alpha value is -2.13. The van der Waals surface area contributed by atoms with Crippen molar-refractivity contribution in [2.75, 3.05) is 5.32 Å². The second-order valence-electron chi connectivity index (χ2n) is 5.11. The number of hydrogen-bond acceptors (Lipinski definition) is 3. The number of rotatable bonds is 4. The summed E-state index contributed by atoms with van der Waals surface area (Å²) in [5.41, 5.74) is 5.77. The third-order valence-corrected chi connectivity index (χ3v) is 4.38. The minimum absolute atomic E-state index is 0.836. The molecule has 3 rings (SSSR count). The van der Waals surface area contributed by atoms with Crippen molar-refractivity contribution in [2.24, 2.45) is 0 Å². The van der Waals surface area contributed by atoms with Crippen LogP contribution >= 0.6 is 11.3 Å². The maximum atomic E-state index is 4.48. The highest BCUT2D eigenvalue weighted by molar-refractivity contribution is 7.10. The van der Waals surface area contributed by atoms with E-state index in [9.17, 15) is 0 Å². The molecule has 21 heavy (non-hydrogen) atoms. The molecule has 2 heterocycles. The van der Waals surface area contributed by atoms with Crippen LogP contribution in [0, 0.1) is 13.8 Å². The molecule has 0 atom stereocenters. The number of benzene rings is 1. The van der Waals surface area contributed by atoms with Gasteiger partial charge in [-0.25, -0.2) is 0 Å². The SMILES string of the molecule is Cc1ccc(NCc2cc(-c3ccccc3)cs2)c(C)n1. The molecular weight excluding hydrogens is 276 g/mol. The van der Waals surface area contributed by atoms with Gasteiger partial charge in [0.25, 0.3) is 0 Å². The number of hydrogen-bond donors (Lipinski definition) is 1. The number of aromatic nitrogens is 1. The highest BCUT2D eigenvalue weighted by atomic mass is 32.1. The fraction of sp³-hybridized carbons (Fsp3) is 0.167. The molecule has 0 aliphatic heterocycles. The molecule has 2 aromatic heterocycles. The van der Waals surface area contributed by atoms with Crippen molar-refractivity contribution in [3.63, 3.8) is 0 Å². The van der Waals surface area contributed by atoms with Crippen molar-refractivity contribution in [3.05, 3.63) is 70.2 Å². The van der Waals surface area contributed by atoms with Gasteiger partial charge in [0.1, 0.15) is 0 Å².